The van der Waals surface area contributed by atoms with Gasteiger partial charge in [0.2, 0.25) is 10.0 Å². The summed E-state index contributed by atoms with van der Waals surface area (Å²) < 4.78 is 61.8. The molecule has 1 aliphatic rings. The minimum Gasteiger partial charge on any atom is -0.455 e. The van der Waals surface area contributed by atoms with Gasteiger partial charge in [-0.15, -0.1) is 0 Å². The molecule has 3 aromatic carbocycles. The van der Waals surface area contributed by atoms with Crippen molar-refractivity contribution in [1.82, 2.24) is 9.62 Å². The van der Waals surface area contributed by atoms with Crippen LogP contribution in [0.5, 0.6) is 0 Å². The van der Waals surface area contributed by atoms with E-state index in [1.165, 1.54) is 41.7 Å². The molecule has 0 saturated carbocycles. The molecule has 0 bridgehead atoms. The van der Waals surface area contributed by atoms with Crippen molar-refractivity contribution < 1.29 is 26.4 Å². The Hall–Kier alpha value is -3.56. The summed E-state index contributed by atoms with van der Waals surface area (Å²) >= 11 is 0. The quantitative estimate of drug-likeness (QED) is 0.368. The Kier molecular flexibility index (Phi) is 6.59. The van der Waals surface area contributed by atoms with Gasteiger partial charge in [0, 0.05) is 31.1 Å². The SMILES string of the molecule is CNC(=O)c1c(-c2ccc(F)cc2)oc2cc(C)c(C3CCCN(S(=O)(=O)c4ccccc4F)C3)cc12. The smallest absolute Gasteiger partial charge is 0.255 e. The molecule has 4 aromatic rings. The van der Waals surface area contributed by atoms with Gasteiger partial charge in [-0.3, -0.25) is 4.79 Å². The van der Waals surface area contributed by atoms with E-state index in [2.05, 4.69) is 5.32 Å². The average Bonchev–Trinajstić information content (AvgIpc) is 3.26. The summed E-state index contributed by atoms with van der Waals surface area (Å²) in [5.41, 5.74) is 3.20. The van der Waals surface area contributed by atoms with E-state index in [4.69, 9.17) is 4.42 Å². The molecule has 1 N–H and O–H groups in total. The van der Waals surface area contributed by atoms with E-state index in [9.17, 15) is 22.0 Å². The highest BCUT2D eigenvalue weighted by Crippen LogP contribution is 2.39. The van der Waals surface area contributed by atoms with Crippen LogP contribution in [0.4, 0.5) is 8.78 Å². The second-order valence-electron chi connectivity index (χ2n) is 9.23. The third kappa shape index (κ3) is 4.53. The molecular weight excluding hydrogens is 498 g/mol. The van der Waals surface area contributed by atoms with Gasteiger partial charge < -0.3 is 9.73 Å². The number of carbonyl (C=O) groups is 1. The highest BCUT2D eigenvalue weighted by Gasteiger charge is 2.33. The second-order valence-corrected chi connectivity index (χ2v) is 11.1. The maximum atomic E-state index is 14.3. The second kappa shape index (κ2) is 9.72. The highest BCUT2D eigenvalue weighted by atomic mass is 32.2. The molecule has 0 spiro atoms. The van der Waals surface area contributed by atoms with E-state index in [1.807, 2.05) is 19.1 Å². The first-order valence-electron chi connectivity index (χ1n) is 12.0. The number of nitrogens with zero attached hydrogens (tertiary/aromatic N) is 1. The monoisotopic (exact) mass is 524 g/mol. The van der Waals surface area contributed by atoms with E-state index < -0.39 is 21.7 Å². The van der Waals surface area contributed by atoms with Crippen molar-refractivity contribution in [2.24, 2.45) is 0 Å². The highest BCUT2D eigenvalue weighted by molar-refractivity contribution is 7.89. The lowest BCUT2D eigenvalue weighted by Crippen LogP contribution is -2.39. The Labute approximate surface area is 213 Å². The first kappa shape index (κ1) is 25.1. The molecule has 1 atom stereocenters. The summed E-state index contributed by atoms with van der Waals surface area (Å²) in [4.78, 5) is 12.6. The topological polar surface area (TPSA) is 79.6 Å². The summed E-state index contributed by atoms with van der Waals surface area (Å²) in [6, 6.07) is 14.8. The number of rotatable bonds is 5. The number of carbonyl (C=O) groups excluding carboxylic acids is 1. The van der Waals surface area contributed by atoms with E-state index in [-0.39, 0.29) is 23.3 Å². The van der Waals surface area contributed by atoms with Crippen molar-refractivity contribution in [1.29, 1.82) is 0 Å². The molecule has 1 aliphatic heterocycles. The van der Waals surface area contributed by atoms with Crippen LogP contribution in [0.2, 0.25) is 0 Å². The molecule has 37 heavy (non-hydrogen) atoms. The van der Waals surface area contributed by atoms with Gasteiger partial charge in [0.05, 0.1) is 5.56 Å². The maximum absolute atomic E-state index is 14.3. The van der Waals surface area contributed by atoms with E-state index in [0.717, 1.165) is 23.6 Å². The summed E-state index contributed by atoms with van der Waals surface area (Å²) in [5, 5.41) is 3.24. The lowest BCUT2D eigenvalue weighted by atomic mass is 9.87. The van der Waals surface area contributed by atoms with Gasteiger partial charge in [0.25, 0.3) is 5.91 Å². The number of hydrogen-bond donors (Lipinski definition) is 1. The van der Waals surface area contributed by atoms with Gasteiger partial charge in [-0.05, 0) is 85.3 Å². The van der Waals surface area contributed by atoms with Crippen LogP contribution in [-0.2, 0) is 10.0 Å². The van der Waals surface area contributed by atoms with Crippen LogP contribution in [0.1, 0.15) is 40.2 Å². The third-order valence-electron chi connectivity index (χ3n) is 6.92. The van der Waals surface area contributed by atoms with Crippen LogP contribution in [0.3, 0.4) is 0 Å². The fourth-order valence-electron chi connectivity index (χ4n) is 5.06. The first-order valence-corrected chi connectivity index (χ1v) is 13.4. The fraction of sp³-hybridized carbons (Fsp3) is 0.250. The van der Waals surface area contributed by atoms with E-state index in [1.54, 1.807) is 12.1 Å². The largest absolute Gasteiger partial charge is 0.455 e. The Morgan fingerprint density at radius 1 is 1.08 bits per heavy atom. The zero-order valence-electron chi connectivity index (χ0n) is 20.4. The molecular formula is C28H26F2N2O4S. The zero-order valence-corrected chi connectivity index (χ0v) is 21.2. The number of piperidine rings is 1. The standard InChI is InChI=1S/C28H26F2N2O4S/c1-17-14-24-22(26(28(33)31-2)27(36-24)18-9-11-20(29)12-10-18)15-21(17)19-6-5-13-32(16-19)37(34,35)25-8-4-3-7-23(25)30/h3-4,7-12,14-15,19H,5-6,13,16H2,1-2H3,(H,31,33). The van der Waals surface area contributed by atoms with Crippen LogP contribution < -0.4 is 5.32 Å². The van der Waals surface area contributed by atoms with Gasteiger partial charge in [-0.1, -0.05) is 12.1 Å². The molecule has 1 amide bonds. The van der Waals surface area contributed by atoms with Crippen LogP contribution in [-0.4, -0.2) is 38.8 Å². The molecule has 1 aromatic heterocycles. The Bertz CT molecular complexity index is 1600. The van der Waals surface area contributed by atoms with Crippen LogP contribution in [0, 0.1) is 18.6 Å². The molecule has 6 nitrogen and oxygen atoms in total. The molecule has 0 aliphatic carbocycles. The lowest BCUT2D eigenvalue weighted by molar-refractivity contribution is 0.0964. The molecule has 9 heteroatoms. The van der Waals surface area contributed by atoms with Crippen molar-refractivity contribution >= 4 is 26.9 Å². The summed E-state index contributed by atoms with van der Waals surface area (Å²) in [6.07, 6.45) is 1.36. The number of sulfonamides is 1. The number of halogens is 2. The number of fused-ring (bicyclic) bond motifs is 1. The minimum absolute atomic E-state index is 0.151. The molecule has 1 unspecified atom stereocenters. The van der Waals surface area contributed by atoms with E-state index >= 15 is 0 Å². The van der Waals surface area contributed by atoms with Crippen LogP contribution >= 0.6 is 0 Å². The fourth-order valence-corrected chi connectivity index (χ4v) is 6.65. The molecule has 0 radical (unpaired) electrons. The maximum Gasteiger partial charge on any atom is 0.255 e. The number of furan rings is 1. The van der Waals surface area contributed by atoms with Crippen molar-refractivity contribution in [2.45, 2.75) is 30.6 Å². The van der Waals surface area contributed by atoms with Gasteiger partial charge in [-0.2, -0.15) is 4.31 Å². The van der Waals surface area contributed by atoms with Crippen molar-refractivity contribution in [2.75, 3.05) is 20.1 Å². The van der Waals surface area contributed by atoms with Crippen molar-refractivity contribution in [3.8, 4) is 11.3 Å². The summed E-state index contributed by atoms with van der Waals surface area (Å²) in [5.74, 6) is -1.34. The predicted molar refractivity (Wildman–Crippen MR) is 137 cm³/mol. The number of benzene rings is 3. The predicted octanol–water partition coefficient (Wildman–Crippen LogP) is 5.61. The normalized spacial score (nSPS) is 16.7. The van der Waals surface area contributed by atoms with Crippen LogP contribution in [0.25, 0.3) is 22.3 Å². The Balaban J connectivity index is 1.57. The summed E-state index contributed by atoms with van der Waals surface area (Å²) in [6.45, 7) is 2.41. The number of hydrogen-bond acceptors (Lipinski definition) is 4. The molecule has 192 valence electrons. The third-order valence-corrected chi connectivity index (χ3v) is 8.81. The number of nitrogens with one attached hydrogen (secondary N) is 1. The Morgan fingerprint density at radius 2 is 1.81 bits per heavy atom. The first-order chi connectivity index (χ1) is 17.7. The number of amides is 1. The van der Waals surface area contributed by atoms with Crippen molar-refractivity contribution in [3.05, 3.63) is 89.0 Å². The van der Waals surface area contributed by atoms with Crippen molar-refractivity contribution in [3.63, 3.8) is 0 Å². The molecule has 1 fully saturated rings. The lowest BCUT2D eigenvalue weighted by Gasteiger charge is -2.33. The van der Waals surface area contributed by atoms with Gasteiger partial charge in [0.15, 0.2) is 0 Å². The van der Waals surface area contributed by atoms with Crippen LogP contribution in [0.15, 0.2) is 70.0 Å². The Morgan fingerprint density at radius 3 is 2.51 bits per heavy atom. The molecule has 1 saturated heterocycles. The van der Waals surface area contributed by atoms with Gasteiger partial charge >= 0.3 is 0 Å². The molecule has 2 heterocycles. The molecule has 5 rings (SSSR count). The van der Waals surface area contributed by atoms with Gasteiger partial charge in [-0.25, -0.2) is 17.2 Å². The minimum atomic E-state index is -4.00. The average molecular weight is 525 g/mol. The van der Waals surface area contributed by atoms with E-state index in [0.29, 0.717) is 40.8 Å². The number of aryl methyl sites for hydroxylation is 1. The summed E-state index contributed by atoms with van der Waals surface area (Å²) in [7, 11) is -2.48. The zero-order chi connectivity index (χ0) is 26.3. The van der Waals surface area contributed by atoms with Gasteiger partial charge in [0.1, 0.15) is 27.9 Å².